The molecule has 3 N–H and O–H groups in total. The van der Waals surface area contributed by atoms with Gasteiger partial charge in [-0.3, -0.25) is 4.68 Å². The van der Waals surface area contributed by atoms with E-state index in [1.54, 1.807) is 12.7 Å². The summed E-state index contributed by atoms with van der Waals surface area (Å²) in [6.45, 7) is 0.817. The van der Waals surface area contributed by atoms with E-state index in [0.717, 1.165) is 23.9 Å². The lowest BCUT2D eigenvalue weighted by Gasteiger charge is -2.27. The van der Waals surface area contributed by atoms with Crippen LogP contribution in [0.5, 0.6) is 0 Å². The molecule has 1 heterocycles. The van der Waals surface area contributed by atoms with Crippen molar-refractivity contribution in [2.24, 2.45) is 5.92 Å². The number of halogens is 2. The average Bonchev–Trinajstić information content (AvgIpc) is 3.08. The van der Waals surface area contributed by atoms with Crippen LogP contribution in [0.25, 0.3) is 0 Å². The summed E-state index contributed by atoms with van der Waals surface area (Å²) in [6.07, 6.45) is 11.3. The van der Waals surface area contributed by atoms with Gasteiger partial charge in [-0.15, -0.1) is 10.1 Å². The van der Waals surface area contributed by atoms with Gasteiger partial charge in [-0.05, 0) is 30.0 Å². The maximum absolute atomic E-state index is 8.36. The summed E-state index contributed by atoms with van der Waals surface area (Å²) in [5, 5.41) is 19.3. The number of hydrogen-bond acceptors (Lipinski definition) is 4. The zero-order valence-electron chi connectivity index (χ0n) is 14.8. The Kier molecular flexibility index (Phi) is 10.1. The monoisotopic (exact) mass is 418 g/mol. The van der Waals surface area contributed by atoms with Crippen LogP contribution in [-0.4, -0.2) is 30.5 Å². The summed E-state index contributed by atoms with van der Waals surface area (Å²) in [5.74, 6) is 1.14. The standard InChI is InChI=1S/C17H21Cl2N3.HNO3.H2O/c18-15-6-7-16(17(19)9-15)14(10-22-12-20-11-21-22)8-13-4-2-1-3-5-13;2-1(3)4;/h6-7,9,11-14H,1-5,8,10H2;(H,2,3,4);1H2. The van der Waals surface area contributed by atoms with Crippen LogP contribution in [0.2, 0.25) is 10.0 Å². The van der Waals surface area contributed by atoms with E-state index in [2.05, 4.69) is 16.1 Å². The second-order valence-electron chi connectivity index (χ2n) is 6.46. The lowest BCUT2D eigenvalue weighted by Crippen LogP contribution is -2.16. The van der Waals surface area contributed by atoms with Crippen molar-refractivity contribution in [1.29, 1.82) is 0 Å². The maximum Gasteiger partial charge on any atom is 0.291 e. The fourth-order valence-corrected chi connectivity index (χ4v) is 4.07. The molecule has 1 aromatic heterocycles. The van der Waals surface area contributed by atoms with Crippen LogP contribution in [0.1, 0.15) is 50.0 Å². The summed E-state index contributed by atoms with van der Waals surface area (Å²) in [6, 6.07) is 5.83. The second-order valence-corrected chi connectivity index (χ2v) is 7.30. The molecule has 150 valence electrons. The summed E-state index contributed by atoms with van der Waals surface area (Å²) in [5.41, 5.74) is 1.17. The molecular formula is C17H24Cl2N4O4. The lowest BCUT2D eigenvalue weighted by atomic mass is 9.80. The molecule has 1 atom stereocenters. The molecule has 0 amide bonds. The first-order valence-electron chi connectivity index (χ1n) is 8.56. The molecule has 1 aromatic carbocycles. The Morgan fingerprint density at radius 1 is 1.30 bits per heavy atom. The van der Waals surface area contributed by atoms with E-state index in [0.29, 0.717) is 10.9 Å². The van der Waals surface area contributed by atoms with Crippen molar-refractivity contribution in [3.05, 3.63) is 56.6 Å². The normalized spacial score (nSPS) is 15.2. The molecule has 0 spiro atoms. The second kappa shape index (κ2) is 11.7. The van der Waals surface area contributed by atoms with Crippen LogP contribution >= 0.6 is 23.2 Å². The van der Waals surface area contributed by atoms with Gasteiger partial charge in [0, 0.05) is 22.5 Å². The number of nitrogens with zero attached hydrogens (tertiary/aromatic N) is 4. The largest absolute Gasteiger partial charge is 0.412 e. The van der Waals surface area contributed by atoms with Gasteiger partial charge in [-0.1, -0.05) is 61.4 Å². The van der Waals surface area contributed by atoms with Crippen LogP contribution in [-0.2, 0) is 6.54 Å². The molecule has 8 nitrogen and oxygen atoms in total. The molecule has 1 aliphatic carbocycles. The van der Waals surface area contributed by atoms with Crippen molar-refractivity contribution in [3.63, 3.8) is 0 Å². The molecule has 1 saturated carbocycles. The van der Waals surface area contributed by atoms with E-state index in [-0.39, 0.29) is 5.48 Å². The van der Waals surface area contributed by atoms with Crippen LogP contribution in [0.4, 0.5) is 0 Å². The predicted molar refractivity (Wildman–Crippen MR) is 103 cm³/mol. The van der Waals surface area contributed by atoms with Crippen molar-refractivity contribution >= 4 is 23.2 Å². The minimum atomic E-state index is -1.50. The Hall–Kier alpha value is -1.90. The van der Waals surface area contributed by atoms with Gasteiger partial charge in [0.05, 0.1) is 0 Å². The van der Waals surface area contributed by atoms with E-state index in [9.17, 15) is 0 Å². The molecule has 27 heavy (non-hydrogen) atoms. The Morgan fingerprint density at radius 3 is 2.52 bits per heavy atom. The van der Waals surface area contributed by atoms with Crippen molar-refractivity contribution in [3.8, 4) is 0 Å². The molecule has 2 aromatic rings. The number of hydrogen-bond donors (Lipinski definition) is 1. The van der Waals surface area contributed by atoms with E-state index in [1.165, 1.54) is 37.7 Å². The highest BCUT2D eigenvalue weighted by molar-refractivity contribution is 6.35. The fourth-order valence-electron chi connectivity index (χ4n) is 3.51. The van der Waals surface area contributed by atoms with Gasteiger partial charge >= 0.3 is 0 Å². The molecule has 0 aliphatic heterocycles. The van der Waals surface area contributed by atoms with Crippen LogP contribution in [0.15, 0.2) is 30.9 Å². The summed E-state index contributed by atoms with van der Waals surface area (Å²) in [4.78, 5) is 12.4. The van der Waals surface area contributed by atoms with Crippen molar-refractivity contribution in [2.75, 3.05) is 0 Å². The van der Waals surface area contributed by atoms with Crippen LogP contribution in [0, 0.1) is 16.0 Å². The molecule has 10 heteroatoms. The topological polar surface area (TPSA) is 126 Å². The third-order valence-electron chi connectivity index (χ3n) is 4.62. The quantitative estimate of drug-likeness (QED) is 0.575. The maximum atomic E-state index is 8.36. The van der Waals surface area contributed by atoms with Gasteiger partial charge in [0.1, 0.15) is 12.7 Å². The third-order valence-corrected chi connectivity index (χ3v) is 5.18. The van der Waals surface area contributed by atoms with E-state index < -0.39 is 5.09 Å². The molecular weight excluding hydrogens is 395 g/mol. The van der Waals surface area contributed by atoms with Crippen molar-refractivity contribution in [2.45, 2.75) is 51.0 Å². The zero-order valence-corrected chi connectivity index (χ0v) is 16.3. The van der Waals surface area contributed by atoms with E-state index in [1.807, 2.05) is 16.8 Å². The van der Waals surface area contributed by atoms with Gasteiger partial charge in [-0.2, -0.15) is 5.10 Å². The van der Waals surface area contributed by atoms with Gasteiger partial charge in [0.15, 0.2) is 0 Å². The average molecular weight is 419 g/mol. The van der Waals surface area contributed by atoms with Crippen LogP contribution < -0.4 is 0 Å². The SMILES string of the molecule is Clc1ccc(C(CC2CCCCC2)Cn2cncn2)c(Cl)c1.O.O=[N+]([O-])O. The van der Waals surface area contributed by atoms with Crippen molar-refractivity contribution in [1.82, 2.24) is 14.8 Å². The fraction of sp³-hybridized carbons (Fsp3) is 0.529. The molecule has 1 fully saturated rings. The highest BCUT2D eigenvalue weighted by atomic mass is 35.5. The summed E-state index contributed by atoms with van der Waals surface area (Å²) < 4.78 is 1.90. The summed E-state index contributed by atoms with van der Waals surface area (Å²) in [7, 11) is 0. The Bertz CT molecular complexity index is 690. The number of aromatic nitrogens is 3. The zero-order chi connectivity index (χ0) is 18.9. The molecule has 1 unspecified atom stereocenters. The van der Waals surface area contributed by atoms with Crippen LogP contribution in [0.3, 0.4) is 0 Å². The van der Waals surface area contributed by atoms with Crippen molar-refractivity contribution < 1.29 is 15.8 Å². The Labute approximate surface area is 167 Å². The minimum absolute atomic E-state index is 0. The highest BCUT2D eigenvalue weighted by Gasteiger charge is 2.22. The smallest absolute Gasteiger partial charge is 0.291 e. The third kappa shape index (κ3) is 8.11. The minimum Gasteiger partial charge on any atom is -0.412 e. The first-order chi connectivity index (χ1) is 12.5. The Morgan fingerprint density at radius 2 is 1.96 bits per heavy atom. The van der Waals surface area contributed by atoms with E-state index in [4.69, 9.17) is 38.5 Å². The predicted octanol–water partition coefficient (Wildman–Crippen LogP) is 4.17. The highest BCUT2D eigenvalue weighted by Crippen LogP contribution is 2.37. The first-order valence-corrected chi connectivity index (χ1v) is 9.32. The van der Waals surface area contributed by atoms with Gasteiger partial charge < -0.3 is 10.7 Å². The number of benzene rings is 1. The van der Waals surface area contributed by atoms with E-state index >= 15 is 0 Å². The Balaban J connectivity index is 0.000000666. The molecule has 1 aliphatic rings. The molecule has 0 saturated heterocycles. The summed E-state index contributed by atoms with van der Waals surface area (Å²) >= 11 is 12.5. The van der Waals surface area contributed by atoms with Gasteiger partial charge in [0.2, 0.25) is 0 Å². The van der Waals surface area contributed by atoms with Gasteiger partial charge in [-0.25, -0.2) is 4.98 Å². The number of rotatable bonds is 5. The first kappa shape index (κ1) is 23.1. The molecule has 0 bridgehead atoms. The van der Waals surface area contributed by atoms with Gasteiger partial charge in [0.25, 0.3) is 5.09 Å². The molecule has 3 rings (SSSR count). The lowest BCUT2D eigenvalue weighted by molar-refractivity contribution is -0.742. The molecule has 0 radical (unpaired) electrons.